The Hall–Kier alpha value is -2.24. The van der Waals surface area contributed by atoms with E-state index >= 15 is 0 Å². The topological polar surface area (TPSA) is 87.7 Å². The fourth-order valence-corrected chi connectivity index (χ4v) is 1.63. The van der Waals surface area contributed by atoms with Crippen LogP contribution in [0.5, 0.6) is 5.75 Å². The van der Waals surface area contributed by atoms with Crippen LogP contribution in [0.3, 0.4) is 0 Å². The normalized spacial score (nSPS) is 11.5. The highest BCUT2D eigenvalue weighted by atomic mass is 16.5. The summed E-state index contributed by atoms with van der Waals surface area (Å²) in [6, 6.07) is 6.75. The van der Waals surface area contributed by atoms with Crippen LogP contribution in [0, 0.1) is 0 Å². The fraction of sp³-hybridized carbons (Fsp3) is 0.385. The van der Waals surface area contributed by atoms with Crippen LogP contribution in [0.1, 0.15) is 24.9 Å². The first-order chi connectivity index (χ1) is 9.04. The Balaban J connectivity index is 2.52. The van der Waals surface area contributed by atoms with Crippen LogP contribution in [-0.4, -0.2) is 30.8 Å². The van der Waals surface area contributed by atoms with Crippen LogP contribution < -0.4 is 15.4 Å². The number of carbonyl (C=O) groups is 2. The van der Waals surface area contributed by atoms with Gasteiger partial charge in [0.25, 0.3) is 0 Å². The zero-order chi connectivity index (χ0) is 14.3. The zero-order valence-electron chi connectivity index (χ0n) is 11.0. The Morgan fingerprint density at radius 2 is 2.05 bits per heavy atom. The standard InChI is InChI=1S/C13H18N2O4/c1-9(10-5-3-4-6-11(10)19-2)15-13(18)14-8-7-12(16)17/h3-6,9H,7-8H2,1-2H3,(H,16,17)(H2,14,15,18). The van der Waals surface area contributed by atoms with Crippen molar-refractivity contribution >= 4 is 12.0 Å². The van der Waals surface area contributed by atoms with Gasteiger partial charge in [0, 0.05) is 12.1 Å². The van der Waals surface area contributed by atoms with Gasteiger partial charge in [-0.25, -0.2) is 4.79 Å². The summed E-state index contributed by atoms with van der Waals surface area (Å²) in [6.07, 6.45) is -0.101. The third kappa shape index (κ3) is 4.87. The van der Waals surface area contributed by atoms with Crippen molar-refractivity contribution < 1.29 is 19.4 Å². The lowest BCUT2D eigenvalue weighted by molar-refractivity contribution is -0.136. The van der Waals surface area contributed by atoms with Crippen molar-refractivity contribution in [1.29, 1.82) is 0 Å². The molecule has 1 aromatic rings. The van der Waals surface area contributed by atoms with Gasteiger partial charge in [0.05, 0.1) is 19.6 Å². The summed E-state index contributed by atoms with van der Waals surface area (Å²) in [4.78, 5) is 21.9. The van der Waals surface area contributed by atoms with E-state index in [1.807, 2.05) is 31.2 Å². The van der Waals surface area contributed by atoms with Crippen molar-refractivity contribution in [2.75, 3.05) is 13.7 Å². The number of aliphatic carboxylic acids is 1. The van der Waals surface area contributed by atoms with Gasteiger partial charge >= 0.3 is 12.0 Å². The largest absolute Gasteiger partial charge is 0.496 e. The number of amides is 2. The number of carbonyl (C=O) groups excluding carboxylic acids is 1. The maximum atomic E-state index is 11.6. The number of methoxy groups -OCH3 is 1. The average molecular weight is 266 g/mol. The molecule has 6 heteroatoms. The fourth-order valence-electron chi connectivity index (χ4n) is 1.63. The van der Waals surface area contributed by atoms with Crippen LogP contribution in [0.25, 0.3) is 0 Å². The SMILES string of the molecule is COc1ccccc1C(C)NC(=O)NCCC(=O)O. The van der Waals surface area contributed by atoms with Gasteiger partial charge in [-0.2, -0.15) is 0 Å². The third-order valence-electron chi connectivity index (χ3n) is 2.58. The molecular weight excluding hydrogens is 248 g/mol. The molecule has 0 fully saturated rings. The van der Waals surface area contributed by atoms with Gasteiger partial charge in [-0.1, -0.05) is 18.2 Å². The second-order valence-electron chi connectivity index (χ2n) is 4.01. The van der Waals surface area contributed by atoms with Crippen molar-refractivity contribution in [3.63, 3.8) is 0 Å². The minimum Gasteiger partial charge on any atom is -0.496 e. The molecule has 0 aliphatic rings. The van der Waals surface area contributed by atoms with Crippen LogP contribution in [-0.2, 0) is 4.79 Å². The molecule has 0 radical (unpaired) electrons. The van der Waals surface area contributed by atoms with Gasteiger partial charge in [-0.05, 0) is 13.0 Å². The predicted molar refractivity (Wildman–Crippen MR) is 70.2 cm³/mol. The second-order valence-corrected chi connectivity index (χ2v) is 4.01. The maximum absolute atomic E-state index is 11.6. The van der Waals surface area contributed by atoms with E-state index in [0.29, 0.717) is 5.75 Å². The summed E-state index contributed by atoms with van der Waals surface area (Å²) in [7, 11) is 1.57. The molecule has 2 amide bonds. The molecule has 0 aliphatic heterocycles. The third-order valence-corrected chi connectivity index (χ3v) is 2.58. The van der Waals surface area contributed by atoms with Gasteiger partial charge in [-0.3, -0.25) is 4.79 Å². The summed E-state index contributed by atoms with van der Waals surface area (Å²) in [6.45, 7) is 1.93. The van der Waals surface area contributed by atoms with Gasteiger partial charge in [0.2, 0.25) is 0 Å². The van der Waals surface area contributed by atoms with E-state index in [9.17, 15) is 9.59 Å². The van der Waals surface area contributed by atoms with Crippen LogP contribution in [0.15, 0.2) is 24.3 Å². The van der Waals surface area contributed by atoms with Gasteiger partial charge < -0.3 is 20.5 Å². The maximum Gasteiger partial charge on any atom is 0.315 e. The van der Waals surface area contributed by atoms with Gasteiger partial charge in [0.1, 0.15) is 5.75 Å². The molecule has 3 N–H and O–H groups in total. The summed E-state index contributed by atoms with van der Waals surface area (Å²) in [5, 5.41) is 13.7. The number of carboxylic acid groups (broad SMARTS) is 1. The van der Waals surface area contributed by atoms with E-state index in [-0.39, 0.29) is 19.0 Å². The second kappa shape index (κ2) is 7.25. The highest BCUT2D eigenvalue weighted by molar-refractivity contribution is 5.75. The van der Waals surface area contributed by atoms with E-state index in [1.54, 1.807) is 7.11 Å². The van der Waals surface area contributed by atoms with Gasteiger partial charge in [0.15, 0.2) is 0 Å². The molecule has 0 saturated carbocycles. The number of carboxylic acids is 1. The molecule has 1 rings (SSSR count). The Morgan fingerprint density at radius 3 is 2.68 bits per heavy atom. The Bertz CT molecular complexity index is 448. The van der Waals surface area contributed by atoms with E-state index in [2.05, 4.69) is 10.6 Å². The molecule has 6 nitrogen and oxygen atoms in total. The first-order valence-electron chi connectivity index (χ1n) is 5.93. The lowest BCUT2D eigenvalue weighted by atomic mass is 10.1. The van der Waals surface area contributed by atoms with Crippen LogP contribution in [0.2, 0.25) is 0 Å². The van der Waals surface area contributed by atoms with E-state index in [0.717, 1.165) is 5.56 Å². The van der Waals surface area contributed by atoms with Crippen LogP contribution in [0.4, 0.5) is 4.79 Å². The van der Waals surface area contributed by atoms with Crippen molar-refractivity contribution in [2.24, 2.45) is 0 Å². The number of hydrogen-bond donors (Lipinski definition) is 3. The first kappa shape index (κ1) is 14.8. The molecule has 0 heterocycles. The number of urea groups is 1. The number of hydrogen-bond acceptors (Lipinski definition) is 3. The smallest absolute Gasteiger partial charge is 0.315 e. The number of para-hydroxylation sites is 1. The van der Waals surface area contributed by atoms with E-state index in [1.165, 1.54) is 0 Å². The Labute approximate surface area is 111 Å². The lowest BCUT2D eigenvalue weighted by Crippen LogP contribution is -2.38. The highest BCUT2D eigenvalue weighted by Crippen LogP contribution is 2.23. The molecule has 19 heavy (non-hydrogen) atoms. The van der Waals surface area contributed by atoms with E-state index < -0.39 is 12.0 Å². The molecule has 1 aromatic carbocycles. The lowest BCUT2D eigenvalue weighted by Gasteiger charge is -2.17. The number of benzene rings is 1. The zero-order valence-corrected chi connectivity index (χ0v) is 11.0. The average Bonchev–Trinajstić information content (AvgIpc) is 2.38. The summed E-state index contributed by atoms with van der Waals surface area (Å²) in [5.74, 6) is -0.251. The van der Waals surface area contributed by atoms with Crippen molar-refractivity contribution in [1.82, 2.24) is 10.6 Å². The predicted octanol–water partition coefficient (Wildman–Crippen LogP) is 1.53. The number of ether oxygens (including phenoxy) is 1. The molecular formula is C13H18N2O4. The van der Waals surface area contributed by atoms with Crippen molar-refractivity contribution in [3.8, 4) is 5.75 Å². The molecule has 0 saturated heterocycles. The molecule has 0 aromatic heterocycles. The number of rotatable bonds is 6. The molecule has 1 atom stereocenters. The minimum atomic E-state index is -0.946. The Kier molecular flexibility index (Phi) is 5.66. The summed E-state index contributed by atoms with van der Waals surface area (Å²) in [5.41, 5.74) is 0.860. The van der Waals surface area contributed by atoms with Crippen LogP contribution >= 0.6 is 0 Å². The molecule has 0 spiro atoms. The number of nitrogens with one attached hydrogen (secondary N) is 2. The molecule has 0 bridgehead atoms. The summed E-state index contributed by atoms with van der Waals surface area (Å²) >= 11 is 0. The summed E-state index contributed by atoms with van der Waals surface area (Å²) < 4.78 is 5.21. The minimum absolute atomic E-state index is 0.0970. The van der Waals surface area contributed by atoms with Crippen molar-refractivity contribution in [2.45, 2.75) is 19.4 Å². The molecule has 0 aliphatic carbocycles. The van der Waals surface area contributed by atoms with Gasteiger partial charge in [-0.15, -0.1) is 0 Å². The van der Waals surface area contributed by atoms with Crippen molar-refractivity contribution in [3.05, 3.63) is 29.8 Å². The molecule has 104 valence electrons. The first-order valence-corrected chi connectivity index (χ1v) is 5.93. The molecule has 1 unspecified atom stereocenters. The highest BCUT2D eigenvalue weighted by Gasteiger charge is 2.13. The quantitative estimate of drug-likeness (QED) is 0.728. The Morgan fingerprint density at radius 1 is 1.37 bits per heavy atom. The monoisotopic (exact) mass is 266 g/mol. The van der Waals surface area contributed by atoms with E-state index in [4.69, 9.17) is 9.84 Å².